The number of carbonyl (C=O) groups excluding carboxylic acids is 3. The number of aromatic nitrogens is 1. The van der Waals surface area contributed by atoms with E-state index in [2.05, 4.69) is 5.32 Å². The van der Waals surface area contributed by atoms with E-state index < -0.39 is 11.9 Å². The third-order valence-electron chi connectivity index (χ3n) is 4.36. The number of aryl methyl sites for hydroxylation is 1. The Morgan fingerprint density at radius 3 is 2.68 bits per heavy atom. The summed E-state index contributed by atoms with van der Waals surface area (Å²) in [5.41, 5.74) is 7.03. The monoisotopic (exact) mass is 399 g/mol. The first kappa shape index (κ1) is 19.6. The number of nitrogens with zero attached hydrogens (tertiary/aromatic N) is 1. The van der Waals surface area contributed by atoms with Gasteiger partial charge in [0.15, 0.2) is 0 Å². The number of nitrogens with two attached hydrogens (primary N) is 1. The van der Waals surface area contributed by atoms with Crippen LogP contribution in [-0.2, 0) is 16.1 Å². The molecule has 3 N–H and O–H groups in total. The standard InChI is InChI=1S/C20H21N3O4S/c1-3-27-20(26)16-12(2)17(18(21)25)28-19(16)22-15(24)9-11-23-10-8-13-6-4-5-7-14(13)23/h4-8,10H,3,9,11H2,1-2H3,(H2,21,25)(H,22,24). The van der Waals surface area contributed by atoms with Crippen LogP contribution >= 0.6 is 11.3 Å². The first-order valence-electron chi connectivity index (χ1n) is 8.86. The number of nitrogens with one attached hydrogen (secondary N) is 1. The number of thiophene rings is 1. The molecule has 0 radical (unpaired) electrons. The normalized spacial score (nSPS) is 10.8. The quantitative estimate of drug-likeness (QED) is 0.595. The topological polar surface area (TPSA) is 103 Å². The molecule has 7 nitrogen and oxygen atoms in total. The van der Waals surface area contributed by atoms with Gasteiger partial charge in [-0.2, -0.15) is 0 Å². The van der Waals surface area contributed by atoms with Crippen LogP contribution in [0.5, 0.6) is 0 Å². The summed E-state index contributed by atoms with van der Waals surface area (Å²) in [7, 11) is 0. The van der Waals surface area contributed by atoms with Gasteiger partial charge in [-0.1, -0.05) is 18.2 Å². The Labute approximate surface area is 166 Å². The van der Waals surface area contributed by atoms with E-state index in [4.69, 9.17) is 10.5 Å². The molecule has 0 aliphatic heterocycles. The molecule has 0 fully saturated rings. The van der Waals surface area contributed by atoms with E-state index in [1.54, 1.807) is 13.8 Å². The van der Waals surface area contributed by atoms with Crippen molar-refractivity contribution in [2.75, 3.05) is 11.9 Å². The summed E-state index contributed by atoms with van der Waals surface area (Å²) >= 11 is 0.989. The zero-order valence-corrected chi connectivity index (χ0v) is 16.5. The van der Waals surface area contributed by atoms with Crippen LogP contribution in [0, 0.1) is 6.92 Å². The van der Waals surface area contributed by atoms with Gasteiger partial charge in [0.05, 0.1) is 17.0 Å². The molecule has 0 bridgehead atoms. The molecule has 8 heteroatoms. The van der Waals surface area contributed by atoms with E-state index in [1.165, 1.54) is 0 Å². The van der Waals surface area contributed by atoms with Gasteiger partial charge in [-0.05, 0) is 36.9 Å². The number of primary amides is 1. The lowest BCUT2D eigenvalue weighted by atomic mass is 10.1. The van der Waals surface area contributed by atoms with Crippen molar-refractivity contribution in [1.82, 2.24) is 4.57 Å². The molecular formula is C20H21N3O4S. The van der Waals surface area contributed by atoms with E-state index in [0.29, 0.717) is 12.1 Å². The van der Waals surface area contributed by atoms with Gasteiger partial charge >= 0.3 is 5.97 Å². The van der Waals surface area contributed by atoms with Crippen LogP contribution in [-0.4, -0.2) is 29.0 Å². The summed E-state index contributed by atoms with van der Waals surface area (Å²) in [5, 5.41) is 4.12. The van der Waals surface area contributed by atoms with E-state index in [0.717, 1.165) is 22.2 Å². The average molecular weight is 399 g/mol. The fraction of sp³-hybridized carbons (Fsp3) is 0.250. The molecule has 28 heavy (non-hydrogen) atoms. The predicted octanol–water partition coefficient (Wildman–Crippen LogP) is 3.32. The summed E-state index contributed by atoms with van der Waals surface area (Å²) in [4.78, 5) is 36.6. The minimum atomic E-state index is -0.646. The number of anilines is 1. The second kappa shape index (κ2) is 8.26. The highest BCUT2D eigenvalue weighted by molar-refractivity contribution is 7.18. The Kier molecular flexibility index (Phi) is 5.79. The van der Waals surface area contributed by atoms with E-state index in [1.807, 2.05) is 41.1 Å². The summed E-state index contributed by atoms with van der Waals surface area (Å²) in [5.74, 6) is -1.50. The SMILES string of the molecule is CCOC(=O)c1c(NC(=O)CCn2ccc3ccccc32)sc(C(N)=O)c1C. The van der Waals surface area contributed by atoms with Crippen LogP contribution in [0.3, 0.4) is 0 Å². The van der Waals surface area contributed by atoms with Crippen LogP contribution in [0.1, 0.15) is 38.9 Å². The molecule has 3 aromatic rings. The maximum absolute atomic E-state index is 12.5. The third-order valence-corrected chi connectivity index (χ3v) is 5.58. The van der Waals surface area contributed by atoms with E-state index in [9.17, 15) is 14.4 Å². The molecule has 3 rings (SSSR count). The fourth-order valence-corrected chi connectivity index (χ4v) is 4.10. The lowest BCUT2D eigenvalue weighted by Gasteiger charge is -2.08. The number of amides is 2. The summed E-state index contributed by atoms with van der Waals surface area (Å²) < 4.78 is 7.05. The van der Waals surface area contributed by atoms with Crippen molar-refractivity contribution in [1.29, 1.82) is 0 Å². The molecule has 1 aromatic carbocycles. The van der Waals surface area contributed by atoms with Crippen LogP contribution < -0.4 is 11.1 Å². The number of hydrogen-bond donors (Lipinski definition) is 2. The maximum Gasteiger partial charge on any atom is 0.341 e. The van der Waals surface area contributed by atoms with Crippen molar-refractivity contribution in [2.24, 2.45) is 5.73 Å². The summed E-state index contributed by atoms with van der Waals surface area (Å²) in [6.45, 7) is 3.98. The first-order valence-corrected chi connectivity index (χ1v) is 9.68. The van der Waals surface area contributed by atoms with Gasteiger partial charge in [0.1, 0.15) is 5.00 Å². The molecule has 2 aromatic heterocycles. The lowest BCUT2D eigenvalue weighted by Crippen LogP contribution is -2.16. The summed E-state index contributed by atoms with van der Waals surface area (Å²) in [6, 6.07) is 9.91. The Morgan fingerprint density at radius 1 is 1.21 bits per heavy atom. The highest BCUT2D eigenvalue weighted by Gasteiger charge is 2.25. The van der Waals surface area contributed by atoms with Crippen LogP contribution in [0.25, 0.3) is 10.9 Å². The number of ether oxygens (including phenoxy) is 1. The predicted molar refractivity (Wildman–Crippen MR) is 109 cm³/mol. The highest BCUT2D eigenvalue weighted by Crippen LogP contribution is 2.33. The van der Waals surface area contributed by atoms with Gasteiger partial charge in [-0.15, -0.1) is 11.3 Å². The zero-order valence-electron chi connectivity index (χ0n) is 15.7. The molecule has 2 heterocycles. The van der Waals surface area contributed by atoms with Crippen molar-refractivity contribution in [3.05, 3.63) is 52.5 Å². The Hall–Kier alpha value is -3.13. The van der Waals surface area contributed by atoms with Gasteiger partial charge in [0, 0.05) is 24.7 Å². The van der Waals surface area contributed by atoms with Crippen LogP contribution in [0.15, 0.2) is 36.5 Å². The van der Waals surface area contributed by atoms with Crippen molar-refractivity contribution >= 4 is 45.0 Å². The molecule has 146 valence electrons. The molecular weight excluding hydrogens is 378 g/mol. The number of carbonyl (C=O) groups is 3. The van der Waals surface area contributed by atoms with Gasteiger partial charge in [-0.25, -0.2) is 4.79 Å². The molecule has 0 unspecified atom stereocenters. The third kappa shape index (κ3) is 3.91. The first-order chi connectivity index (χ1) is 13.4. The average Bonchev–Trinajstić information content (AvgIpc) is 3.21. The second-order valence-electron chi connectivity index (χ2n) is 6.21. The molecule has 0 spiro atoms. The zero-order chi connectivity index (χ0) is 20.3. The Morgan fingerprint density at radius 2 is 1.96 bits per heavy atom. The summed E-state index contributed by atoms with van der Waals surface area (Å²) in [6.07, 6.45) is 2.15. The number of para-hydroxylation sites is 1. The van der Waals surface area contributed by atoms with E-state index in [-0.39, 0.29) is 34.4 Å². The number of esters is 1. The molecule has 0 saturated carbocycles. The smallest absolute Gasteiger partial charge is 0.341 e. The molecule has 0 aliphatic rings. The van der Waals surface area contributed by atoms with E-state index >= 15 is 0 Å². The Bertz CT molecular complexity index is 1050. The lowest BCUT2D eigenvalue weighted by molar-refractivity contribution is -0.116. The molecule has 0 atom stereocenters. The number of benzene rings is 1. The molecule has 0 saturated heterocycles. The highest BCUT2D eigenvalue weighted by atomic mass is 32.1. The van der Waals surface area contributed by atoms with Gasteiger partial charge in [0.2, 0.25) is 5.91 Å². The van der Waals surface area contributed by atoms with Gasteiger partial charge < -0.3 is 20.4 Å². The fourth-order valence-electron chi connectivity index (χ4n) is 3.03. The van der Waals surface area contributed by atoms with Gasteiger partial charge in [0.25, 0.3) is 5.91 Å². The second-order valence-corrected chi connectivity index (χ2v) is 7.23. The molecule has 2 amide bonds. The van der Waals surface area contributed by atoms with Crippen LogP contribution in [0.4, 0.5) is 5.00 Å². The minimum Gasteiger partial charge on any atom is -0.462 e. The number of fused-ring (bicyclic) bond motifs is 1. The number of rotatable bonds is 7. The van der Waals surface area contributed by atoms with Crippen molar-refractivity contribution in [3.63, 3.8) is 0 Å². The van der Waals surface area contributed by atoms with Crippen molar-refractivity contribution in [3.8, 4) is 0 Å². The van der Waals surface area contributed by atoms with Gasteiger partial charge in [-0.3, -0.25) is 9.59 Å². The number of hydrogen-bond acceptors (Lipinski definition) is 5. The largest absolute Gasteiger partial charge is 0.462 e. The van der Waals surface area contributed by atoms with Crippen LogP contribution in [0.2, 0.25) is 0 Å². The molecule has 0 aliphatic carbocycles. The van der Waals surface area contributed by atoms with Crippen molar-refractivity contribution < 1.29 is 19.1 Å². The van der Waals surface area contributed by atoms with Crippen molar-refractivity contribution in [2.45, 2.75) is 26.8 Å². The Balaban J connectivity index is 1.76. The minimum absolute atomic E-state index is 0.181. The maximum atomic E-state index is 12.5.